The Morgan fingerprint density at radius 2 is 2.07 bits per heavy atom. The Bertz CT molecular complexity index is 999. The van der Waals surface area contributed by atoms with Crippen LogP contribution in [0, 0.1) is 0 Å². The predicted molar refractivity (Wildman–Crippen MR) is 99.5 cm³/mol. The van der Waals surface area contributed by atoms with Crippen molar-refractivity contribution >= 4 is 34.3 Å². The summed E-state index contributed by atoms with van der Waals surface area (Å²) in [5.74, 6) is 0.382. The first-order chi connectivity index (χ1) is 13.5. The lowest BCUT2D eigenvalue weighted by Crippen LogP contribution is -2.33. The molecule has 1 aromatic carbocycles. The molecule has 10 nitrogen and oxygen atoms in total. The number of aromatic nitrogens is 4. The molecule has 1 saturated heterocycles. The van der Waals surface area contributed by atoms with Gasteiger partial charge in [0.25, 0.3) is 0 Å². The van der Waals surface area contributed by atoms with Gasteiger partial charge < -0.3 is 30.1 Å². The van der Waals surface area contributed by atoms with Gasteiger partial charge in [-0.05, 0) is 18.2 Å². The molecule has 11 heteroatoms. The lowest BCUT2D eigenvalue weighted by atomic mass is 10.1. The highest BCUT2D eigenvalue weighted by atomic mass is 35.5. The summed E-state index contributed by atoms with van der Waals surface area (Å²) >= 11 is 5.94. The highest BCUT2D eigenvalue weighted by Crippen LogP contribution is 2.33. The number of nitrogens with one attached hydrogen (secondary N) is 1. The average molecular weight is 408 g/mol. The average Bonchev–Trinajstić information content (AvgIpc) is 3.22. The molecule has 0 bridgehead atoms. The molecule has 0 saturated carbocycles. The zero-order valence-corrected chi connectivity index (χ0v) is 15.5. The van der Waals surface area contributed by atoms with E-state index in [1.807, 2.05) is 0 Å². The van der Waals surface area contributed by atoms with Gasteiger partial charge in [-0.3, -0.25) is 4.57 Å². The number of benzene rings is 1. The van der Waals surface area contributed by atoms with E-state index in [-0.39, 0.29) is 17.4 Å². The van der Waals surface area contributed by atoms with Crippen LogP contribution in [-0.4, -0.2) is 66.9 Å². The summed E-state index contributed by atoms with van der Waals surface area (Å²) in [7, 11) is 1.49. The number of nitrogens with zero attached hydrogens (tertiary/aromatic N) is 4. The Hall–Kier alpha value is -2.50. The van der Waals surface area contributed by atoms with E-state index in [0.717, 1.165) is 0 Å². The van der Waals surface area contributed by atoms with Gasteiger partial charge in [-0.1, -0.05) is 11.6 Å². The minimum Gasteiger partial charge on any atom is -0.506 e. The van der Waals surface area contributed by atoms with Crippen LogP contribution < -0.4 is 5.32 Å². The second-order valence-corrected chi connectivity index (χ2v) is 6.75. The summed E-state index contributed by atoms with van der Waals surface area (Å²) in [5, 5.41) is 33.3. The number of imidazole rings is 1. The fourth-order valence-corrected chi connectivity index (χ4v) is 3.29. The quantitative estimate of drug-likeness (QED) is 0.460. The van der Waals surface area contributed by atoms with Crippen LogP contribution in [0.4, 0.5) is 11.5 Å². The number of rotatable bonds is 5. The second-order valence-electron chi connectivity index (χ2n) is 6.34. The highest BCUT2D eigenvalue weighted by molar-refractivity contribution is 6.32. The van der Waals surface area contributed by atoms with Gasteiger partial charge in [0.15, 0.2) is 23.2 Å². The SMILES string of the molecule is COC[C@H]1O[C@@H](n2cnc3c(Nc4ccc(O)c(Cl)c4)ncnc32)[C@H](O)[C@@H]1O. The van der Waals surface area contributed by atoms with Gasteiger partial charge in [0.2, 0.25) is 0 Å². The van der Waals surface area contributed by atoms with Crippen LogP contribution in [0.5, 0.6) is 5.75 Å². The number of aliphatic hydroxyl groups is 2. The van der Waals surface area contributed by atoms with Crippen molar-refractivity contribution in [1.82, 2.24) is 19.5 Å². The van der Waals surface area contributed by atoms with Gasteiger partial charge in [0.1, 0.15) is 30.4 Å². The molecule has 4 atom stereocenters. The van der Waals surface area contributed by atoms with Crippen LogP contribution in [0.1, 0.15) is 6.23 Å². The van der Waals surface area contributed by atoms with Gasteiger partial charge in [0.05, 0.1) is 18.0 Å². The summed E-state index contributed by atoms with van der Waals surface area (Å²) in [6.07, 6.45) is -0.993. The molecule has 3 heterocycles. The number of phenolic OH excluding ortho intramolecular Hbond substituents is 1. The van der Waals surface area contributed by atoms with E-state index in [2.05, 4.69) is 20.3 Å². The van der Waals surface area contributed by atoms with Crippen molar-refractivity contribution in [3.05, 3.63) is 35.9 Å². The zero-order chi connectivity index (χ0) is 19.8. The molecular weight excluding hydrogens is 390 g/mol. The highest BCUT2D eigenvalue weighted by Gasteiger charge is 2.44. The number of fused-ring (bicyclic) bond motifs is 1. The summed E-state index contributed by atoms with van der Waals surface area (Å²) in [6.45, 7) is 0.144. The van der Waals surface area contributed by atoms with Gasteiger partial charge in [-0.15, -0.1) is 0 Å². The first-order valence-electron chi connectivity index (χ1n) is 8.43. The Balaban J connectivity index is 1.66. The van der Waals surface area contributed by atoms with Crippen LogP contribution in [0.25, 0.3) is 11.2 Å². The Labute approximate surface area is 164 Å². The molecule has 1 aliphatic heterocycles. The van der Waals surface area contributed by atoms with Crippen molar-refractivity contribution in [3.8, 4) is 5.75 Å². The van der Waals surface area contributed by atoms with Gasteiger partial charge in [-0.25, -0.2) is 15.0 Å². The molecule has 4 N–H and O–H groups in total. The number of hydrogen-bond acceptors (Lipinski definition) is 9. The molecule has 0 spiro atoms. The van der Waals surface area contributed by atoms with Crippen LogP contribution >= 0.6 is 11.6 Å². The fraction of sp³-hybridized carbons (Fsp3) is 0.353. The number of ether oxygens (including phenoxy) is 2. The standard InChI is InChI=1S/C17H18ClN5O5/c1-27-5-11-13(25)14(26)17(28-11)23-7-21-12-15(19-6-20-16(12)23)22-8-2-3-10(24)9(18)4-8/h2-4,6-7,11,13-14,17,24-26H,5H2,1H3,(H,19,20,22)/t11-,13-,14-,17-/m1/s1. The smallest absolute Gasteiger partial charge is 0.167 e. The van der Waals surface area contributed by atoms with E-state index < -0.39 is 24.5 Å². The van der Waals surface area contributed by atoms with E-state index in [0.29, 0.717) is 22.7 Å². The molecule has 0 radical (unpaired) electrons. The third kappa shape index (κ3) is 3.25. The fourth-order valence-electron chi connectivity index (χ4n) is 3.11. The molecule has 0 unspecified atom stereocenters. The van der Waals surface area contributed by atoms with Gasteiger partial charge in [-0.2, -0.15) is 0 Å². The Morgan fingerprint density at radius 1 is 1.25 bits per heavy atom. The molecular formula is C17H18ClN5O5. The monoisotopic (exact) mass is 407 g/mol. The predicted octanol–water partition coefficient (Wildman–Crippen LogP) is 1.19. The van der Waals surface area contributed by atoms with E-state index in [1.165, 1.54) is 30.4 Å². The third-order valence-electron chi connectivity index (χ3n) is 4.51. The summed E-state index contributed by atoms with van der Waals surface area (Å²) in [4.78, 5) is 12.7. The number of methoxy groups -OCH3 is 1. The molecule has 148 valence electrons. The summed E-state index contributed by atoms with van der Waals surface area (Å²) in [5.41, 5.74) is 1.45. The maximum absolute atomic E-state index is 10.4. The molecule has 0 amide bonds. The minimum absolute atomic E-state index is 0.0270. The number of anilines is 2. The van der Waals surface area contributed by atoms with Crippen LogP contribution in [0.15, 0.2) is 30.9 Å². The molecule has 4 rings (SSSR count). The van der Waals surface area contributed by atoms with Crippen molar-refractivity contribution in [3.63, 3.8) is 0 Å². The van der Waals surface area contributed by atoms with Crippen LogP contribution in [0.2, 0.25) is 5.02 Å². The third-order valence-corrected chi connectivity index (χ3v) is 4.81. The van der Waals surface area contributed by atoms with Gasteiger partial charge >= 0.3 is 0 Å². The van der Waals surface area contributed by atoms with E-state index in [4.69, 9.17) is 21.1 Å². The maximum Gasteiger partial charge on any atom is 0.167 e. The molecule has 1 aliphatic rings. The molecule has 28 heavy (non-hydrogen) atoms. The molecule has 0 aliphatic carbocycles. The zero-order valence-electron chi connectivity index (χ0n) is 14.7. The van der Waals surface area contributed by atoms with Crippen molar-refractivity contribution in [2.75, 3.05) is 19.0 Å². The molecule has 2 aromatic heterocycles. The van der Waals surface area contributed by atoms with Crippen LogP contribution in [0.3, 0.4) is 0 Å². The van der Waals surface area contributed by atoms with Crippen molar-refractivity contribution < 1.29 is 24.8 Å². The van der Waals surface area contributed by atoms with Crippen molar-refractivity contribution in [2.45, 2.75) is 24.5 Å². The Morgan fingerprint density at radius 3 is 2.82 bits per heavy atom. The maximum atomic E-state index is 10.4. The van der Waals surface area contributed by atoms with Crippen LogP contribution in [-0.2, 0) is 9.47 Å². The molecule has 3 aromatic rings. The first-order valence-corrected chi connectivity index (χ1v) is 8.81. The van der Waals surface area contributed by atoms with E-state index in [9.17, 15) is 15.3 Å². The van der Waals surface area contributed by atoms with Gasteiger partial charge in [0, 0.05) is 12.8 Å². The molecule has 1 fully saturated rings. The number of aromatic hydroxyl groups is 1. The van der Waals surface area contributed by atoms with Crippen molar-refractivity contribution in [2.24, 2.45) is 0 Å². The number of hydrogen-bond donors (Lipinski definition) is 4. The van der Waals surface area contributed by atoms with E-state index in [1.54, 1.807) is 12.1 Å². The Kier molecular flexibility index (Phi) is 5.04. The lowest BCUT2D eigenvalue weighted by molar-refractivity contribution is -0.0580. The van der Waals surface area contributed by atoms with Crippen molar-refractivity contribution in [1.29, 1.82) is 0 Å². The second kappa shape index (κ2) is 7.49. The lowest BCUT2D eigenvalue weighted by Gasteiger charge is -2.16. The number of phenols is 1. The topological polar surface area (TPSA) is 135 Å². The van der Waals surface area contributed by atoms with E-state index >= 15 is 0 Å². The largest absolute Gasteiger partial charge is 0.506 e. The number of halogens is 1. The first kappa shape index (κ1) is 18.8. The minimum atomic E-state index is -1.17. The summed E-state index contributed by atoms with van der Waals surface area (Å²) in [6, 6.07) is 4.65. The summed E-state index contributed by atoms with van der Waals surface area (Å²) < 4.78 is 12.3. The number of aliphatic hydroxyl groups excluding tert-OH is 2. The normalized spacial score (nSPS) is 24.7.